The topological polar surface area (TPSA) is 65.0 Å². The van der Waals surface area contributed by atoms with Crippen LogP contribution in [0.15, 0.2) is 0 Å². The Balaban J connectivity index is 2.12. The van der Waals surface area contributed by atoms with Crippen molar-refractivity contribution < 1.29 is 24.1 Å². The van der Waals surface area contributed by atoms with E-state index in [1.54, 1.807) is 0 Å². The molecule has 5 nitrogen and oxygen atoms in total. The van der Waals surface area contributed by atoms with Crippen LogP contribution in [0.4, 0.5) is 0 Å². The molecule has 0 radical (unpaired) electrons. The van der Waals surface area contributed by atoms with Gasteiger partial charge in [0.15, 0.2) is 0 Å². The van der Waals surface area contributed by atoms with Crippen LogP contribution in [0.5, 0.6) is 0 Å². The van der Waals surface area contributed by atoms with Crippen LogP contribution in [0.2, 0.25) is 0 Å². The Morgan fingerprint density at radius 3 is 1.35 bits per heavy atom. The van der Waals surface area contributed by atoms with Gasteiger partial charge in [0, 0.05) is 13.2 Å². The Bertz CT molecular complexity index is 401. The fourth-order valence-corrected chi connectivity index (χ4v) is 4.43. The molecule has 0 bridgehead atoms. The highest BCUT2D eigenvalue weighted by Crippen LogP contribution is 2.34. The number of carbonyl (C=O) groups is 1. The average Bonchev–Trinajstić information content (AvgIpc) is 2.75. The SMILES string of the molecule is CCCCCCCCCCCCCCCCC1(C(=O)O)CCOCCOCCOCC1. The van der Waals surface area contributed by atoms with E-state index < -0.39 is 11.4 Å². The molecule has 1 aliphatic rings. The number of carboxylic acid groups (broad SMARTS) is 1. The largest absolute Gasteiger partial charge is 0.481 e. The molecule has 0 saturated carbocycles. The maximum absolute atomic E-state index is 12.1. The molecule has 1 heterocycles. The van der Waals surface area contributed by atoms with Crippen molar-refractivity contribution in [1.82, 2.24) is 0 Å². The van der Waals surface area contributed by atoms with Crippen molar-refractivity contribution in [2.24, 2.45) is 5.41 Å². The van der Waals surface area contributed by atoms with Gasteiger partial charge < -0.3 is 19.3 Å². The van der Waals surface area contributed by atoms with Gasteiger partial charge in [-0.2, -0.15) is 0 Å². The Labute approximate surface area is 191 Å². The second-order valence-electron chi connectivity index (χ2n) is 9.27. The van der Waals surface area contributed by atoms with E-state index in [-0.39, 0.29) is 0 Å². The highest BCUT2D eigenvalue weighted by molar-refractivity contribution is 5.74. The highest BCUT2D eigenvalue weighted by atomic mass is 16.5. The van der Waals surface area contributed by atoms with Crippen LogP contribution in [0.3, 0.4) is 0 Å². The minimum Gasteiger partial charge on any atom is -0.481 e. The van der Waals surface area contributed by atoms with Gasteiger partial charge in [-0.15, -0.1) is 0 Å². The zero-order valence-corrected chi connectivity index (χ0v) is 20.3. The highest BCUT2D eigenvalue weighted by Gasteiger charge is 2.37. The summed E-state index contributed by atoms with van der Waals surface area (Å²) in [6.45, 7) is 5.36. The average molecular weight is 443 g/mol. The van der Waals surface area contributed by atoms with Crippen molar-refractivity contribution in [2.45, 2.75) is 116 Å². The third kappa shape index (κ3) is 14.9. The first-order valence-electron chi connectivity index (χ1n) is 13.2. The summed E-state index contributed by atoms with van der Waals surface area (Å²) in [5.74, 6) is -0.692. The minimum atomic E-state index is -0.711. The van der Waals surface area contributed by atoms with Crippen molar-refractivity contribution in [1.29, 1.82) is 0 Å². The second kappa shape index (κ2) is 20.0. The summed E-state index contributed by atoms with van der Waals surface area (Å²) in [7, 11) is 0. The third-order valence-corrected chi connectivity index (χ3v) is 6.66. The van der Waals surface area contributed by atoms with Crippen molar-refractivity contribution in [2.75, 3.05) is 39.6 Å². The van der Waals surface area contributed by atoms with E-state index in [9.17, 15) is 9.90 Å². The lowest BCUT2D eigenvalue weighted by molar-refractivity contribution is -0.153. The van der Waals surface area contributed by atoms with Crippen molar-refractivity contribution in [3.8, 4) is 0 Å². The van der Waals surface area contributed by atoms with Gasteiger partial charge in [0.05, 0.1) is 31.8 Å². The van der Waals surface area contributed by atoms with Gasteiger partial charge in [-0.25, -0.2) is 0 Å². The first-order chi connectivity index (χ1) is 15.2. The molecule has 0 atom stereocenters. The van der Waals surface area contributed by atoms with Crippen molar-refractivity contribution in [3.05, 3.63) is 0 Å². The Morgan fingerprint density at radius 1 is 0.613 bits per heavy atom. The molecule has 0 aliphatic carbocycles. The molecule has 0 unspecified atom stereocenters. The molecule has 184 valence electrons. The maximum atomic E-state index is 12.1. The zero-order valence-electron chi connectivity index (χ0n) is 20.3. The first kappa shape index (κ1) is 28.4. The van der Waals surface area contributed by atoms with Crippen LogP contribution in [-0.4, -0.2) is 50.7 Å². The van der Waals surface area contributed by atoms with Crippen molar-refractivity contribution in [3.63, 3.8) is 0 Å². The van der Waals surface area contributed by atoms with Crippen LogP contribution in [0, 0.1) is 5.41 Å². The van der Waals surface area contributed by atoms with Gasteiger partial charge in [-0.1, -0.05) is 96.8 Å². The maximum Gasteiger partial charge on any atom is 0.309 e. The molecule has 1 rings (SSSR count). The number of carboxylic acids is 1. The van der Waals surface area contributed by atoms with E-state index in [1.807, 2.05) is 0 Å². The Hall–Kier alpha value is -0.650. The molecule has 1 N–H and O–H groups in total. The monoisotopic (exact) mass is 442 g/mol. The van der Waals surface area contributed by atoms with Crippen LogP contribution < -0.4 is 0 Å². The van der Waals surface area contributed by atoms with Crippen LogP contribution in [-0.2, 0) is 19.0 Å². The van der Waals surface area contributed by atoms with E-state index >= 15 is 0 Å². The summed E-state index contributed by atoms with van der Waals surface area (Å²) in [4.78, 5) is 12.1. The van der Waals surface area contributed by atoms with Crippen molar-refractivity contribution >= 4 is 5.97 Å². The lowest BCUT2D eigenvalue weighted by Gasteiger charge is -2.30. The van der Waals surface area contributed by atoms with Crippen LogP contribution in [0.25, 0.3) is 0 Å². The van der Waals surface area contributed by atoms with Gasteiger partial charge in [0.2, 0.25) is 0 Å². The molecule has 1 fully saturated rings. The normalized spacial score (nSPS) is 18.2. The van der Waals surface area contributed by atoms with Gasteiger partial charge >= 0.3 is 5.97 Å². The fraction of sp³-hybridized carbons (Fsp3) is 0.962. The third-order valence-electron chi connectivity index (χ3n) is 6.66. The van der Waals surface area contributed by atoms with E-state index in [0.29, 0.717) is 52.5 Å². The summed E-state index contributed by atoms with van der Waals surface area (Å²) >= 11 is 0. The molecule has 5 heteroatoms. The second-order valence-corrected chi connectivity index (χ2v) is 9.27. The van der Waals surface area contributed by atoms with Crippen LogP contribution >= 0.6 is 0 Å². The lowest BCUT2D eigenvalue weighted by Crippen LogP contribution is -2.34. The van der Waals surface area contributed by atoms with E-state index in [4.69, 9.17) is 14.2 Å². The fourth-order valence-electron chi connectivity index (χ4n) is 4.43. The molecule has 0 amide bonds. The summed E-state index contributed by atoms with van der Waals surface area (Å²) in [6, 6.07) is 0. The lowest BCUT2D eigenvalue weighted by atomic mass is 9.77. The number of unbranched alkanes of at least 4 members (excludes halogenated alkanes) is 13. The smallest absolute Gasteiger partial charge is 0.309 e. The van der Waals surface area contributed by atoms with Crippen LogP contribution in [0.1, 0.15) is 116 Å². The summed E-state index contributed by atoms with van der Waals surface area (Å²) in [5.41, 5.74) is -0.711. The standard InChI is InChI=1S/C26H50O5/c1-2-3-4-5-6-7-8-9-10-11-12-13-14-15-16-26(25(27)28)17-19-29-21-23-31-24-22-30-20-18-26/h2-24H2,1H3,(H,27,28). The summed E-state index contributed by atoms with van der Waals surface area (Å²) in [5, 5.41) is 9.96. The predicted octanol–water partition coefficient (Wildman–Crippen LogP) is 6.77. The number of aliphatic carboxylic acids is 1. The molecule has 1 saturated heterocycles. The molecule has 0 aromatic carbocycles. The predicted molar refractivity (Wildman–Crippen MR) is 127 cm³/mol. The van der Waals surface area contributed by atoms with Gasteiger partial charge in [0.25, 0.3) is 0 Å². The molecule has 1 aliphatic heterocycles. The number of rotatable bonds is 16. The van der Waals surface area contributed by atoms with E-state index in [2.05, 4.69) is 6.92 Å². The van der Waals surface area contributed by atoms with E-state index in [0.717, 1.165) is 19.3 Å². The summed E-state index contributed by atoms with van der Waals surface area (Å²) in [6.07, 6.45) is 20.3. The number of hydrogen-bond acceptors (Lipinski definition) is 4. The molecular weight excluding hydrogens is 392 g/mol. The molecular formula is C26H50O5. The van der Waals surface area contributed by atoms with Gasteiger partial charge in [0.1, 0.15) is 0 Å². The van der Waals surface area contributed by atoms with E-state index in [1.165, 1.54) is 77.0 Å². The molecule has 0 aromatic heterocycles. The first-order valence-corrected chi connectivity index (χ1v) is 13.2. The molecule has 31 heavy (non-hydrogen) atoms. The molecule has 0 aromatic rings. The summed E-state index contributed by atoms with van der Waals surface area (Å²) < 4.78 is 16.6. The molecule has 0 spiro atoms. The Morgan fingerprint density at radius 2 is 0.968 bits per heavy atom. The zero-order chi connectivity index (χ0) is 22.5. The quantitative estimate of drug-likeness (QED) is 0.267. The van der Waals surface area contributed by atoms with Gasteiger partial charge in [-0.05, 0) is 19.3 Å². The number of hydrogen-bond donors (Lipinski definition) is 1. The minimum absolute atomic E-state index is 0.480. The number of ether oxygens (including phenoxy) is 3. The van der Waals surface area contributed by atoms with Gasteiger partial charge in [-0.3, -0.25) is 4.79 Å². The Kier molecular flexibility index (Phi) is 18.3.